The fourth-order valence-corrected chi connectivity index (χ4v) is 2.83. The molecule has 1 aromatic rings. The third-order valence-electron chi connectivity index (χ3n) is 4.00. The van der Waals surface area contributed by atoms with Gasteiger partial charge >= 0.3 is 0 Å². The van der Waals surface area contributed by atoms with Crippen LogP contribution < -0.4 is 5.73 Å². The minimum Gasteiger partial charge on any atom is -0.377 e. The molecule has 1 fully saturated rings. The molecule has 3 nitrogen and oxygen atoms in total. The second-order valence-electron chi connectivity index (χ2n) is 5.74. The van der Waals surface area contributed by atoms with E-state index in [2.05, 4.69) is 36.1 Å². The standard InChI is InChI=1S/C17H28N2O/c1-2-13-20-16-9-6-11-19(14-16)12-10-17(18)15-7-4-3-5-8-15/h3-5,7-8,16-17H,2,6,9-14,18H2,1H3. The number of nitrogens with two attached hydrogens (primary N) is 1. The van der Waals surface area contributed by atoms with Crippen LogP contribution in [0.3, 0.4) is 0 Å². The molecule has 112 valence electrons. The van der Waals surface area contributed by atoms with Crippen LogP contribution in [0.1, 0.15) is 44.2 Å². The molecule has 2 rings (SSSR count). The van der Waals surface area contributed by atoms with Crippen molar-refractivity contribution >= 4 is 0 Å². The first kappa shape index (κ1) is 15.5. The number of piperidine rings is 1. The minimum absolute atomic E-state index is 0.146. The second kappa shape index (κ2) is 8.40. The van der Waals surface area contributed by atoms with Crippen molar-refractivity contribution in [3.8, 4) is 0 Å². The highest BCUT2D eigenvalue weighted by molar-refractivity contribution is 5.18. The van der Waals surface area contributed by atoms with Gasteiger partial charge in [0.2, 0.25) is 0 Å². The van der Waals surface area contributed by atoms with Crippen LogP contribution in [0.2, 0.25) is 0 Å². The average Bonchev–Trinajstić information content (AvgIpc) is 2.52. The molecule has 0 spiro atoms. The van der Waals surface area contributed by atoms with Crippen LogP contribution in [0.5, 0.6) is 0 Å². The summed E-state index contributed by atoms with van der Waals surface area (Å²) in [6.45, 7) is 6.39. The summed E-state index contributed by atoms with van der Waals surface area (Å²) in [5, 5.41) is 0. The molecule has 0 radical (unpaired) electrons. The summed E-state index contributed by atoms with van der Waals surface area (Å²) in [5.41, 5.74) is 7.51. The maximum Gasteiger partial charge on any atom is 0.0702 e. The lowest BCUT2D eigenvalue weighted by molar-refractivity contribution is -0.000625. The van der Waals surface area contributed by atoms with E-state index in [9.17, 15) is 0 Å². The molecule has 1 aliphatic heterocycles. The van der Waals surface area contributed by atoms with Gasteiger partial charge in [0.05, 0.1) is 6.10 Å². The fourth-order valence-electron chi connectivity index (χ4n) is 2.83. The number of nitrogens with zero attached hydrogens (tertiary/aromatic N) is 1. The SMILES string of the molecule is CCCOC1CCCN(CCC(N)c2ccccc2)C1. The van der Waals surface area contributed by atoms with Crippen molar-refractivity contribution in [2.75, 3.05) is 26.2 Å². The summed E-state index contributed by atoms with van der Waals surface area (Å²) in [6.07, 6.45) is 5.01. The lowest BCUT2D eigenvalue weighted by Gasteiger charge is -2.33. The Morgan fingerprint density at radius 1 is 1.35 bits per heavy atom. The lowest BCUT2D eigenvalue weighted by Crippen LogP contribution is -2.40. The molecular formula is C17H28N2O. The van der Waals surface area contributed by atoms with Crippen molar-refractivity contribution in [2.24, 2.45) is 5.73 Å². The summed E-state index contributed by atoms with van der Waals surface area (Å²) in [7, 11) is 0. The van der Waals surface area contributed by atoms with Gasteiger partial charge < -0.3 is 15.4 Å². The van der Waals surface area contributed by atoms with Gasteiger partial charge in [-0.3, -0.25) is 0 Å². The summed E-state index contributed by atoms with van der Waals surface area (Å²) < 4.78 is 5.88. The molecule has 2 atom stereocenters. The first-order valence-electron chi connectivity index (χ1n) is 7.94. The van der Waals surface area contributed by atoms with Gasteiger partial charge in [-0.05, 0) is 37.8 Å². The highest BCUT2D eigenvalue weighted by Gasteiger charge is 2.20. The molecule has 2 N–H and O–H groups in total. The van der Waals surface area contributed by atoms with Gasteiger partial charge in [0.15, 0.2) is 0 Å². The van der Waals surface area contributed by atoms with Gasteiger partial charge in [-0.1, -0.05) is 37.3 Å². The average molecular weight is 276 g/mol. The van der Waals surface area contributed by atoms with E-state index in [1.807, 2.05) is 6.07 Å². The zero-order valence-electron chi connectivity index (χ0n) is 12.6. The van der Waals surface area contributed by atoms with E-state index in [0.29, 0.717) is 6.10 Å². The molecule has 0 aliphatic carbocycles. The van der Waals surface area contributed by atoms with Crippen LogP contribution >= 0.6 is 0 Å². The van der Waals surface area contributed by atoms with Crippen molar-refractivity contribution in [3.63, 3.8) is 0 Å². The minimum atomic E-state index is 0.146. The molecular weight excluding hydrogens is 248 g/mol. The van der Waals surface area contributed by atoms with Crippen molar-refractivity contribution in [1.82, 2.24) is 4.90 Å². The van der Waals surface area contributed by atoms with Crippen LogP contribution in [0.4, 0.5) is 0 Å². The largest absolute Gasteiger partial charge is 0.377 e. The molecule has 20 heavy (non-hydrogen) atoms. The van der Waals surface area contributed by atoms with Crippen LogP contribution in [-0.2, 0) is 4.74 Å². The number of hydrogen-bond acceptors (Lipinski definition) is 3. The maximum atomic E-state index is 6.27. The highest BCUT2D eigenvalue weighted by atomic mass is 16.5. The normalized spacial score (nSPS) is 21.8. The molecule has 2 unspecified atom stereocenters. The van der Waals surface area contributed by atoms with Crippen molar-refractivity contribution < 1.29 is 4.74 Å². The maximum absolute atomic E-state index is 6.27. The second-order valence-corrected chi connectivity index (χ2v) is 5.74. The van der Waals surface area contributed by atoms with Gasteiger partial charge in [0.1, 0.15) is 0 Å². The topological polar surface area (TPSA) is 38.5 Å². The van der Waals surface area contributed by atoms with Crippen molar-refractivity contribution in [3.05, 3.63) is 35.9 Å². The zero-order chi connectivity index (χ0) is 14.2. The number of hydrogen-bond donors (Lipinski definition) is 1. The number of benzene rings is 1. The molecule has 3 heteroatoms. The molecule has 0 amide bonds. The highest BCUT2D eigenvalue weighted by Crippen LogP contribution is 2.17. The molecule has 0 bridgehead atoms. The van der Waals surface area contributed by atoms with Crippen LogP contribution in [-0.4, -0.2) is 37.2 Å². The zero-order valence-corrected chi connectivity index (χ0v) is 12.6. The van der Waals surface area contributed by atoms with E-state index in [1.165, 1.54) is 24.9 Å². The number of rotatable bonds is 7. The monoisotopic (exact) mass is 276 g/mol. The molecule has 0 aromatic heterocycles. The van der Waals surface area contributed by atoms with Gasteiger partial charge in [-0.25, -0.2) is 0 Å². The fraction of sp³-hybridized carbons (Fsp3) is 0.647. The summed E-state index contributed by atoms with van der Waals surface area (Å²) >= 11 is 0. The first-order chi connectivity index (χ1) is 9.79. The summed E-state index contributed by atoms with van der Waals surface area (Å²) in [6, 6.07) is 10.5. The van der Waals surface area contributed by atoms with E-state index >= 15 is 0 Å². The van der Waals surface area contributed by atoms with Crippen LogP contribution in [0.25, 0.3) is 0 Å². The van der Waals surface area contributed by atoms with E-state index in [0.717, 1.165) is 32.5 Å². The number of ether oxygens (including phenoxy) is 1. The third-order valence-corrected chi connectivity index (χ3v) is 4.00. The van der Waals surface area contributed by atoms with E-state index < -0.39 is 0 Å². The van der Waals surface area contributed by atoms with Crippen LogP contribution in [0, 0.1) is 0 Å². The van der Waals surface area contributed by atoms with Crippen LogP contribution in [0.15, 0.2) is 30.3 Å². The van der Waals surface area contributed by atoms with Gasteiger partial charge in [0.25, 0.3) is 0 Å². The van der Waals surface area contributed by atoms with Crippen molar-refractivity contribution in [2.45, 2.75) is 44.8 Å². The quantitative estimate of drug-likeness (QED) is 0.832. The first-order valence-corrected chi connectivity index (χ1v) is 7.94. The van der Waals surface area contributed by atoms with E-state index in [-0.39, 0.29) is 6.04 Å². The number of likely N-dealkylation sites (tertiary alicyclic amines) is 1. The Balaban J connectivity index is 1.73. The van der Waals surface area contributed by atoms with Gasteiger partial charge in [0, 0.05) is 25.7 Å². The Labute approximate surface area is 123 Å². The molecule has 0 saturated carbocycles. The summed E-state index contributed by atoms with van der Waals surface area (Å²) in [5.74, 6) is 0. The van der Waals surface area contributed by atoms with Gasteiger partial charge in [-0.15, -0.1) is 0 Å². The predicted molar refractivity (Wildman–Crippen MR) is 83.7 cm³/mol. The third kappa shape index (κ3) is 4.89. The Morgan fingerprint density at radius 2 is 2.15 bits per heavy atom. The molecule has 1 saturated heterocycles. The van der Waals surface area contributed by atoms with E-state index in [1.54, 1.807) is 0 Å². The summed E-state index contributed by atoms with van der Waals surface area (Å²) in [4.78, 5) is 2.51. The Kier molecular flexibility index (Phi) is 6.51. The Hall–Kier alpha value is -0.900. The molecule has 1 heterocycles. The Morgan fingerprint density at radius 3 is 2.90 bits per heavy atom. The predicted octanol–water partition coefficient (Wildman–Crippen LogP) is 2.97. The molecule has 1 aliphatic rings. The smallest absolute Gasteiger partial charge is 0.0702 e. The lowest BCUT2D eigenvalue weighted by atomic mass is 10.0. The van der Waals surface area contributed by atoms with Crippen molar-refractivity contribution in [1.29, 1.82) is 0 Å². The van der Waals surface area contributed by atoms with Gasteiger partial charge in [-0.2, -0.15) is 0 Å². The van der Waals surface area contributed by atoms with E-state index in [4.69, 9.17) is 10.5 Å². The Bertz CT molecular complexity index is 369. The molecule has 1 aromatic carbocycles.